The number of amides is 2. The van der Waals surface area contributed by atoms with Gasteiger partial charge in [-0.2, -0.15) is 0 Å². The third-order valence-electron chi connectivity index (χ3n) is 3.56. The van der Waals surface area contributed by atoms with Crippen LogP contribution in [-0.2, 0) is 6.54 Å². The molecule has 0 saturated heterocycles. The Morgan fingerprint density at radius 1 is 1.12 bits per heavy atom. The minimum atomic E-state index is -0.354. The van der Waals surface area contributed by atoms with E-state index in [0.717, 1.165) is 11.1 Å². The molecule has 2 rings (SSSR count). The second-order valence-corrected chi connectivity index (χ2v) is 6.98. The van der Waals surface area contributed by atoms with Crippen LogP contribution in [0.3, 0.4) is 0 Å². The molecule has 2 amide bonds. The van der Waals surface area contributed by atoms with Crippen molar-refractivity contribution in [3.63, 3.8) is 0 Å². The smallest absolute Gasteiger partial charge is 0.272 e. The summed E-state index contributed by atoms with van der Waals surface area (Å²) in [5.41, 5.74) is 2.38. The molecule has 0 saturated carbocycles. The van der Waals surface area contributed by atoms with Crippen molar-refractivity contribution in [1.82, 2.24) is 20.6 Å². The largest absolute Gasteiger partial charge is 0.350 e. The monoisotopic (exact) mass is 328 g/mol. The fourth-order valence-electron chi connectivity index (χ4n) is 2.14. The van der Waals surface area contributed by atoms with Crippen LogP contribution in [0.2, 0.25) is 0 Å². The maximum atomic E-state index is 12.4. The number of carbonyl (C=O) groups excluding carboxylic acids is 2. The highest BCUT2D eigenvalue weighted by Gasteiger charge is 2.21. The molecule has 3 N–H and O–H groups in total. The van der Waals surface area contributed by atoms with E-state index in [1.54, 1.807) is 0 Å². The minimum Gasteiger partial charge on any atom is -0.350 e. The SMILES string of the molecule is Cc1ccccc1CNC(=O)c1[nH]cnc1C(=O)NCC(C)(C)C. The summed E-state index contributed by atoms with van der Waals surface area (Å²) in [4.78, 5) is 31.3. The number of aromatic nitrogens is 2. The lowest BCUT2D eigenvalue weighted by molar-refractivity contribution is 0.0905. The molecule has 0 aliphatic carbocycles. The van der Waals surface area contributed by atoms with Crippen LogP contribution in [0.5, 0.6) is 0 Å². The van der Waals surface area contributed by atoms with Crippen molar-refractivity contribution in [2.75, 3.05) is 6.54 Å². The Hall–Kier alpha value is -2.63. The van der Waals surface area contributed by atoms with Crippen molar-refractivity contribution in [3.05, 3.63) is 53.1 Å². The Balaban J connectivity index is 2.02. The first kappa shape index (κ1) is 17.7. The molecule has 0 aliphatic heterocycles. The van der Waals surface area contributed by atoms with Gasteiger partial charge in [-0.15, -0.1) is 0 Å². The van der Waals surface area contributed by atoms with Crippen molar-refractivity contribution in [2.24, 2.45) is 5.41 Å². The Morgan fingerprint density at radius 2 is 1.83 bits per heavy atom. The molecule has 128 valence electrons. The minimum absolute atomic E-state index is 0.0424. The highest BCUT2D eigenvalue weighted by molar-refractivity contribution is 6.04. The molecule has 6 heteroatoms. The molecule has 0 spiro atoms. The van der Waals surface area contributed by atoms with Gasteiger partial charge in [-0.3, -0.25) is 9.59 Å². The van der Waals surface area contributed by atoms with E-state index in [-0.39, 0.29) is 28.6 Å². The van der Waals surface area contributed by atoms with Crippen molar-refractivity contribution >= 4 is 11.8 Å². The lowest BCUT2D eigenvalue weighted by Crippen LogP contribution is -2.34. The van der Waals surface area contributed by atoms with Crippen LogP contribution in [0.4, 0.5) is 0 Å². The molecule has 0 atom stereocenters. The Bertz CT molecular complexity index is 729. The number of aryl methyl sites for hydroxylation is 1. The van der Waals surface area contributed by atoms with Gasteiger partial charge in [-0.1, -0.05) is 45.0 Å². The summed E-state index contributed by atoms with van der Waals surface area (Å²) in [6.07, 6.45) is 1.36. The fraction of sp³-hybridized carbons (Fsp3) is 0.389. The number of hydrogen-bond acceptors (Lipinski definition) is 3. The highest BCUT2D eigenvalue weighted by Crippen LogP contribution is 2.12. The highest BCUT2D eigenvalue weighted by atomic mass is 16.2. The van der Waals surface area contributed by atoms with Gasteiger partial charge >= 0.3 is 0 Å². The van der Waals surface area contributed by atoms with Gasteiger partial charge in [0.2, 0.25) is 0 Å². The Kier molecular flexibility index (Phi) is 5.39. The number of nitrogens with zero attached hydrogens (tertiary/aromatic N) is 1. The number of aromatic amines is 1. The maximum Gasteiger partial charge on any atom is 0.272 e. The zero-order chi connectivity index (χ0) is 17.7. The molecule has 24 heavy (non-hydrogen) atoms. The van der Waals surface area contributed by atoms with E-state index in [9.17, 15) is 9.59 Å². The first-order chi connectivity index (χ1) is 11.3. The number of imidazole rings is 1. The van der Waals surface area contributed by atoms with Crippen molar-refractivity contribution in [3.8, 4) is 0 Å². The van der Waals surface area contributed by atoms with Gasteiger partial charge in [0.15, 0.2) is 5.69 Å². The van der Waals surface area contributed by atoms with E-state index >= 15 is 0 Å². The number of benzene rings is 1. The molecule has 2 aromatic rings. The van der Waals surface area contributed by atoms with Gasteiger partial charge in [0.1, 0.15) is 5.69 Å². The normalized spacial score (nSPS) is 11.2. The van der Waals surface area contributed by atoms with Crippen LogP contribution in [0.1, 0.15) is 52.9 Å². The first-order valence-electron chi connectivity index (χ1n) is 7.92. The summed E-state index contributed by atoms with van der Waals surface area (Å²) in [6, 6.07) is 7.83. The molecule has 1 aromatic carbocycles. The molecule has 0 fully saturated rings. The summed E-state index contributed by atoms with van der Waals surface area (Å²) in [5, 5.41) is 5.62. The van der Waals surface area contributed by atoms with Crippen LogP contribution in [0.15, 0.2) is 30.6 Å². The van der Waals surface area contributed by atoms with Crippen LogP contribution in [0, 0.1) is 12.3 Å². The predicted molar refractivity (Wildman–Crippen MR) is 92.7 cm³/mol. The van der Waals surface area contributed by atoms with E-state index in [4.69, 9.17) is 0 Å². The van der Waals surface area contributed by atoms with E-state index in [1.165, 1.54) is 6.33 Å². The molecule has 0 bridgehead atoms. The lowest BCUT2D eigenvalue weighted by Gasteiger charge is -2.18. The third kappa shape index (κ3) is 4.68. The molecule has 1 aromatic heterocycles. The quantitative estimate of drug-likeness (QED) is 0.788. The fourth-order valence-corrected chi connectivity index (χ4v) is 2.14. The van der Waals surface area contributed by atoms with E-state index < -0.39 is 0 Å². The summed E-state index contributed by atoms with van der Waals surface area (Å²) in [7, 11) is 0. The number of carbonyl (C=O) groups is 2. The number of H-pyrrole nitrogens is 1. The number of hydrogen-bond donors (Lipinski definition) is 3. The second kappa shape index (κ2) is 7.29. The van der Waals surface area contributed by atoms with Crippen LogP contribution >= 0.6 is 0 Å². The van der Waals surface area contributed by atoms with Crippen molar-refractivity contribution in [1.29, 1.82) is 0 Å². The molecular formula is C18H24N4O2. The zero-order valence-corrected chi connectivity index (χ0v) is 14.6. The van der Waals surface area contributed by atoms with Gasteiger partial charge in [-0.25, -0.2) is 4.98 Å². The Morgan fingerprint density at radius 3 is 2.50 bits per heavy atom. The van der Waals surface area contributed by atoms with Gasteiger partial charge < -0.3 is 15.6 Å². The van der Waals surface area contributed by atoms with Gasteiger partial charge in [0, 0.05) is 13.1 Å². The van der Waals surface area contributed by atoms with Gasteiger partial charge in [0.05, 0.1) is 6.33 Å². The van der Waals surface area contributed by atoms with Crippen molar-refractivity contribution < 1.29 is 9.59 Å². The second-order valence-electron chi connectivity index (χ2n) is 6.98. The number of nitrogens with one attached hydrogen (secondary N) is 3. The third-order valence-corrected chi connectivity index (χ3v) is 3.56. The molecule has 0 unspecified atom stereocenters. The predicted octanol–water partition coefficient (Wildman–Crippen LogP) is 2.42. The Labute approximate surface area is 142 Å². The van der Waals surface area contributed by atoms with Gasteiger partial charge in [0.25, 0.3) is 11.8 Å². The summed E-state index contributed by atoms with van der Waals surface area (Å²) < 4.78 is 0. The molecule has 0 aliphatic rings. The van der Waals surface area contributed by atoms with Crippen molar-refractivity contribution in [2.45, 2.75) is 34.2 Å². The van der Waals surface area contributed by atoms with E-state index in [1.807, 2.05) is 52.0 Å². The molecule has 1 heterocycles. The summed E-state index contributed by atoms with van der Waals surface area (Å²) >= 11 is 0. The number of rotatable bonds is 5. The van der Waals surface area contributed by atoms with E-state index in [2.05, 4.69) is 20.6 Å². The van der Waals surface area contributed by atoms with Crippen LogP contribution in [0.25, 0.3) is 0 Å². The summed E-state index contributed by atoms with van der Waals surface area (Å²) in [5.74, 6) is -0.705. The molecular weight excluding hydrogens is 304 g/mol. The van der Waals surface area contributed by atoms with E-state index in [0.29, 0.717) is 13.1 Å². The lowest BCUT2D eigenvalue weighted by atomic mass is 9.97. The first-order valence-corrected chi connectivity index (χ1v) is 7.92. The van der Waals surface area contributed by atoms with Gasteiger partial charge in [-0.05, 0) is 23.5 Å². The average Bonchev–Trinajstić information content (AvgIpc) is 3.00. The average molecular weight is 328 g/mol. The van der Waals surface area contributed by atoms with Crippen LogP contribution < -0.4 is 10.6 Å². The topological polar surface area (TPSA) is 86.9 Å². The molecule has 6 nitrogen and oxygen atoms in total. The standard InChI is InChI=1S/C18H24N4O2/c1-12-7-5-6-8-13(12)9-19-16(23)14-15(22-11-21-14)17(24)20-10-18(2,3)4/h5-8,11H,9-10H2,1-4H3,(H,19,23)(H,20,24)(H,21,22). The summed E-state index contributed by atoms with van der Waals surface area (Å²) in [6.45, 7) is 8.95. The zero-order valence-electron chi connectivity index (χ0n) is 14.6. The van der Waals surface area contributed by atoms with Crippen LogP contribution in [-0.4, -0.2) is 28.3 Å². The molecule has 0 radical (unpaired) electrons. The maximum absolute atomic E-state index is 12.4.